The molecule has 1 amide bonds. The molecule has 0 aliphatic rings. The molecule has 2 aromatic rings. The number of hydrogen-bond donors (Lipinski definition) is 2. The van der Waals surface area contributed by atoms with Crippen molar-refractivity contribution < 1.29 is 19.0 Å². The zero-order chi connectivity index (χ0) is 14.7. The van der Waals surface area contributed by atoms with Gasteiger partial charge in [0.15, 0.2) is 10.9 Å². The average molecular weight is 297 g/mol. The van der Waals surface area contributed by atoms with Crippen LogP contribution in [0.2, 0.25) is 0 Å². The van der Waals surface area contributed by atoms with Crippen LogP contribution in [0.25, 0.3) is 0 Å². The minimum Gasteiger partial charge on any atom is -0.465 e. The standard InChI is InChI=1S/C10H11N5O4S/c1-4-7(9(17)18-2)20-10(12-4)13-6(16)3-5-8(11)15-19-14-5/h3H2,1-2H3,(H2,11,15)(H,12,13,16). The van der Waals surface area contributed by atoms with E-state index in [4.69, 9.17) is 5.73 Å². The van der Waals surface area contributed by atoms with E-state index in [1.807, 2.05) is 0 Å². The van der Waals surface area contributed by atoms with Crippen molar-refractivity contribution in [2.45, 2.75) is 13.3 Å². The SMILES string of the molecule is COC(=O)c1sc(NC(=O)Cc2nonc2N)nc1C. The van der Waals surface area contributed by atoms with Crippen molar-refractivity contribution in [3.05, 3.63) is 16.3 Å². The van der Waals surface area contributed by atoms with E-state index < -0.39 is 11.9 Å². The van der Waals surface area contributed by atoms with E-state index in [-0.39, 0.29) is 17.9 Å². The molecule has 0 saturated carbocycles. The fraction of sp³-hybridized carbons (Fsp3) is 0.300. The number of esters is 1. The summed E-state index contributed by atoms with van der Waals surface area (Å²) >= 11 is 1.03. The summed E-state index contributed by atoms with van der Waals surface area (Å²) in [5, 5.41) is 9.70. The highest BCUT2D eigenvalue weighted by Crippen LogP contribution is 2.23. The summed E-state index contributed by atoms with van der Waals surface area (Å²) < 4.78 is 8.99. The third-order valence-electron chi connectivity index (χ3n) is 2.33. The van der Waals surface area contributed by atoms with Crippen LogP contribution in [0.3, 0.4) is 0 Å². The van der Waals surface area contributed by atoms with Crippen molar-refractivity contribution in [2.75, 3.05) is 18.2 Å². The number of carbonyl (C=O) groups excluding carboxylic acids is 2. The summed E-state index contributed by atoms with van der Waals surface area (Å²) in [6.07, 6.45) is -0.0957. The number of thiazole rings is 1. The van der Waals surface area contributed by atoms with Gasteiger partial charge in [-0.1, -0.05) is 16.5 Å². The lowest BCUT2D eigenvalue weighted by Gasteiger charge is -1.98. The first-order chi connectivity index (χ1) is 9.51. The summed E-state index contributed by atoms with van der Waals surface area (Å²) in [4.78, 5) is 27.6. The maximum atomic E-state index is 11.8. The molecular formula is C10H11N5O4S. The highest BCUT2D eigenvalue weighted by molar-refractivity contribution is 7.17. The smallest absolute Gasteiger partial charge is 0.350 e. The Kier molecular flexibility index (Phi) is 3.94. The lowest BCUT2D eigenvalue weighted by atomic mass is 10.3. The fourth-order valence-electron chi connectivity index (χ4n) is 1.38. The van der Waals surface area contributed by atoms with Gasteiger partial charge in [-0.15, -0.1) is 0 Å². The van der Waals surface area contributed by atoms with Gasteiger partial charge in [0.25, 0.3) is 0 Å². The molecule has 0 aromatic carbocycles. The van der Waals surface area contributed by atoms with Gasteiger partial charge in [-0.3, -0.25) is 4.79 Å². The second-order valence-electron chi connectivity index (χ2n) is 3.75. The van der Waals surface area contributed by atoms with Gasteiger partial charge in [0.1, 0.15) is 10.6 Å². The van der Waals surface area contributed by atoms with Gasteiger partial charge in [0.05, 0.1) is 19.2 Å². The van der Waals surface area contributed by atoms with Gasteiger partial charge in [-0.25, -0.2) is 14.4 Å². The fourth-order valence-corrected chi connectivity index (χ4v) is 2.28. The molecule has 0 fully saturated rings. The molecule has 106 valence electrons. The maximum absolute atomic E-state index is 11.8. The predicted octanol–water partition coefficient (Wildman–Crippen LogP) is 0.385. The summed E-state index contributed by atoms with van der Waals surface area (Å²) in [5.41, 5.74) is 6.17. The number of nitrogen functional groups attached to an aromatic ring is 1. The van der Waals surface area contributed by atoms with Crippen LogP contribution in [0.1, 0.15) is 21.1 Å². The number of aryl methyl sites for hydroxylation is 1. The largest absolute Gasteiger partial charge is 0.465 e. The molecule has 20 heavy (non-hydrogen) atoms. The Bertz CT molecular complexity index is 650. The van der Waals surface area contributed by atoms with Gasteiger partial charge in [0.2, 0.25) is 5.91 Å². The topological polar surface area (TPSA) is 133 Å². The molecule has 0 spiro atoms. The lowest BCUT2D eigenvalue weighted by Crippen LogP contribution is -2.15. The van der Waals surface area contributed by atoms with Crippen molar-refractivity contribution in [1.82, 2.24) is 15.3 Å². The first-order valence-corrected chi connectivity index (χ1v) is 6.25. The summed E-state index contributed by atoms with van der Waals surface area (Å²) in [6, 6.07) is 0. The van der Waals surface area contributed by atoms with E-state index in [1.165, 1.54) is 7.11 Å². The van der Waals surface area contributed by atoms with Crippen molar-refractivity contribution in [3.63, 3.8) is 0 Å². The molecule has 0 radical (unpaired) electrons. The molecular weight excluding hydrogens is 286 g/mol. The Balaban J connectivity index is 2.05. The number of aromatic nitrogens is 3. The summed E-state index contributed by atoms with van der Waals surface area (Å²) in [7, 11) is 1.28. The summed E-state index contributed by atoms with van der Waals surface area (Å²) in [5.74, 6) is -0.825. The normalized spacial score (nSPS) is 10.3. The van der Waals surface area contributed by atoms with Crippen molar-refractivity contribution >= 4 is 34.2 Å². The first-order valence-electron chi connectivity index (χ1n) is 5.43. The number of methoxy groups -OCH3 is 1. The molecule has 0 saturated heterocycles. The van der Waals surface area contributed by atoms with Crippen LogP contribution in [0.4, 0.5) is 10.9 Å². The number of hydrogen-bond acceptors (Lipinski definition) is 9. The molecule has 0 unspecified atom stereocenters. The molecule has 2 aromatic heterocycles. The van der Waals surface area contributed by atoms with Crippen molar-refractivity contribution in [2.24, 2.45) is 0 Å². The van der Waals surface area contributed by atoms with E-state index in [2.05, 4.69) is 30.0 Å². The van der Waals surface area contributed by atoms with E-state index in [9.17, 15) is 9.59 Å². The Morgan fingerprint density at radius 2 is 2.20 bits per heavy atom. The molecule has 0 bridgehead atoms. The Morgan fingerprint density at radius 3 is 2.80 bits per heavy atom. The molecule has 0 atom stereocenters. The van der Waals surface area contributed by atoms with E-state index in [0.717, 1.165) is 11.3 Å². The van der Waals surface area contributed by atoms with Crippen LogP contribution < -0.4 is 11.1 Å². The van der Waals surface area contributed by atoms with Crippen LogP contribution in [0.15, 0.2) is 4.63 Å². The highest BCUT2D eigenvalue weighted by atomic mass is 32.1. The number of amides is 1. The second-order valence-corrected chi connectivity index (χ2v) is 4.75. The minimum atomic E-state index is -0.495. The number of carbonyl (C=O) groups is 2. The number of nitrogens with two attached hydrogens (primary N) is 1. The van der Waals surface area contributed by atoms with Gasteiger partial charge in [-0.05, 0) is 12.1 Å². The van der Waals surface area contributed by atoms with Gasteiger partial charge < -0.3 is 15.8 Å². The van der Waals surface area contributed by atoms with Crippen LogP contribution in [-0.2, 0) is 16.0 Å². The summed E-state index contributed by atoms with van der Waals surface area (Å²) in [6.45, 7) is 1.65. The Labute approximate surface area is 117 Å². The molecule has 10 heteroatoms. The Morgan fingerprint density at radius 1 is 1.45 bits per heavy atom. The molecule has 0 aliphatic heterocycles. The lowest BCUT2D eigenvalue weighted by molar-refractivity contribution is -0.115. The number of anilines is 2. The van der Waals surface area contributed by atoms with Crippen molar-refractivity contribution in [1.29, 1.82) is 0 Å². The van der Waals surface area contributed by atoms with Gasteiger partial charge in [-0.2, -0.15) is 0 Å². The number of nitrogens with one attached hydrogen (secondary N) is 1. The third kappa shape index (κ3) is 2.91. The third-order valence-corrected chi connectivity index (χ3v) is 3.38. The quantitative estimate of drug-likeness (QED) is 0.774. The zero-order valence-electron chi connectivity index (χ0n) is 10.7. The Hall–Kier alpha value is -2.49. The van der Waals surface area contributed by atoms with E-state index in [0.29, 0.717) is 15.7 Å². The highest BCUT2D eigenvalue weighted by Gasteiger charge is 2.18. The number of ether oxygens (including phenoxy) is 1. The zero-order valence-corrected chi connectivity index (χ0v) is 11.5. The maximum Gasteiger partial charge on any atom is 0.350 e. The predicted molar refractivity (Wildman–Crippen MR) is 69.2 cm³/mol. The number of rotatable bonds is 4. The first kappa shape index (κ1) is 13.9. The van der Waals surface area contributed by atoms with E-state index >= 15 is 0 Å². The monoisotopic (exact) mass is 297 g/mol. The van der Waals surface area contributed by atoms with Crippen LogP contribution in [0.5, 0.6) is 0 Å². The van der Waals surface area contributed by atoms with Crippen LogP contribution in [0, 0.1) is 6.92 Å². The average Bonchev–Trinajstić information content (AvgIpc) is 2.95. The molecule has 2 heterocycles. The molecule has 3 N–H and O–H groups in total. The molecule has 2 rings (SSSR count). The van der Waals surface area contributed by atoms with Crippen LogP contribution >= 0.6 is 11.3 Å². The van der Waals surface area contributed by atoms with Gasteiger partial charge in [0, 0.05) is 0 Å². The van der Waals surface area contributed by atoms with Gasteiger partial charge >= 0.3 is 5.97 Å². The molecule has 9 nitrogen and oxygen atoms in total. The molecule has 0 aliphatic carbocycles. The van der Waals surface area contributed by atoms with Crippen molar-refractivity contribution in [3.8, 4) is 0 Å². The minimum absolute atomic E-state index is 0.0609. The number of nitrogens with zero attached hydrogens (tertiary/aromatic N) is 3. The van der Waals surface area contributed by atoms with E-state index in [1.54, 1.807) is 6.92 Å². The van der Waals surface area contributed by atoms with Crippen LogP contribution in [-0.4, -0.2) is 34.3 Å². The second kappa shape index (κ2) is 5.65.